The highest BCUT2D eigenvalue weighted by Gasteiger charge is 2.47. The fraction of sp³-hybridized carbons (Fsp3) is 0.663. The molecule has 0 aliphatic carbocycles. The monoisotopic (exact) mass is 2110 g/mol. The van der Waals surface area contributed by atoms with Gasteiger partial charge < -0.3 is 158 Å². The Morgan fingerprint density at radius 2 is 0.986 bits per heavy atom. The van der Waals surface area contributed by atoms with E-state index in [0.717, 1.165) is 11.6 Å². The summed E-state index contributed by atoms with van der Waals surface area (Å²) in [5.74, 6) is -4.40. The molecule has 6 amide bonds. The van der Waals surface area contributed by atoms with E-state index in [9.17, 15) is 94.1 Å². The van der Waals surface area contributed by atoms with Crippen LogP contribution in [0.1, 0.15) is 91.0 Å². The van der Waals surface area contributed by atoms with Crippen LogP contribution >= 0.6 is 22.9 Å². The number of nitro groups is 1. The fourth-order valence-electron chi connectivity index (χ4n) is 14.9. The predicted molar refractivity (Wildman–Crippen MR) is 519 cm³/mol. The van der Waals surface area contributed by atoms with Crippen LogP contribution in [-0.2, 0) is 130 Å². The number of amides is 6. The fourth-order valence-corrected chi connectivity index (χ4v) is 15.9. The summed E-state index contributed by atoms with van der Waals surface area (Å²) in [5.41, 5.74) is 0.593. The lowest BCUT2D eigenvalue weighted by atomic mass is 9.85. The summed E-state index contributed by atoms with van der Waals surface area (Å²) in [4.78, 5) is 134. The number of benzene rings is 3. The highest BCUT2D eigenvalue weighted by atomic mass is 35.5. The molecule has 816 valence electrons. The number of carbonyl (C=O) groups is 8. The maximum Gasteiger partial charge on any atom is 0.301 e. The first-order valence-corrected chi connectivity index (χ1v) is 49.8. The van der Waals surface area contributed by atoms with Crippen LogP contribution in [0.25, 0.3) is 27.6 Å². The molecule has 5 heterocycles. The number of thiazole rings is 1. The lowest BCUT2D eigenvalue weighted by Gasteiger charge is -2.42. The minimum absolute atomic E-state index is 0.000388. The van der Waals surface area contributed by atoms with Crippen LogP contribution in [0.15, 0.2) is 93.2 Å². The highest BCUT2D eigenvalue weighted by Crippen LogP contribution is 2.36. The Hall–Kier alpha value is -9.29. The molecule has 0 spiro atoms. The third kappa shape index (κ3) is 43.7. The van der Waals surface area contributed by atoms with Crippen LogP contribution in [0.2, 0.25) is 5.02 Å². The van der Waals surface area contributed by atoms with Crippen molar-refractivity contribution in [2.75, 3.05) is 218 Å². The number of nitrogens with zero attached hydrogens (tertiary/aromatic N) is 5. The smallest absolute Gasteiger partial charge is 0.301 e. The van der Waals surface area contributed by atoms with Gasteiger partial charge in [0.2, 0.25) is 40.6 Å². The molecule has 3 saturated heterocycles. The van der Waals surface area contributed by atoms with Crippen molar-refractivity contribution in [1.29, 1.82) is 0 Å². The molecular formula is C95H141ClN12O37S. The molecule has 2 aromatic heterocycles. The van der Waals surface area contributed by atoms with Gasteiger partial charge in [-0.25, -0.2) is 4.98 Å². The maximum atomic E-state index is 14.1. The molecular weight excluding hydrogens is 1970 g/mol. The zero-order valence-electron chi connectivity index (χ0n) is 82.5. The largest absolute Gasteiger partial charge is 0.394 e. The Morgan fingerprint density at radius 1 is 0.514 bits per heavy atom. The maximum absolute atomic E-state index is 14.1. The van der Waals surface area contributed by atoms with E-state index in [1.165, 1.54) is 35.1 Å². The van der Waals surface area contributed by atoms with Crippen LogP contribution in [-0.4, -0.2) is 405 Å². The van der Waals surface area contributed by atoms with E-state index in [1.54, 1.807) is 43.5 Å². The average Bonchev–Trinajstić information content (AvgIpc) is 1.65. The van der Waals surface area contributed by atoms with Crippen molar-refractivity contribution in [3.63, 3.8) is 0 Å². The van der Waals surface area contributed by atoms with Crippen molar-refractivity contribution in [2.45, 2.75) is 172 Å². The quantitative estimate of drug-likeness (QED) is 0.0112. The summed E-state index contributed by atoms with van der Waals surface area (Å²) in [6, 6.07) is 19.1. The normalized spacial score (nSPS) is 21.4. The Kier molecular flexibility index (Phi) is 57.1. The topological polar surface area (TPSA) is 655 Å². The third-order valence-corrected chi connectivity index (χ3v) is 24.1. The number of hydrogen-bond acceptors (Lipinski definition) is 41. The molecule has 3 aliphatic rings. The number of aromatic nitrogens is 3. The molecule has 8 rings (SSSR count). The standard InChI is InChI=1S/C95H141ClN12O37S/c1-5-73-86(121)84(119)61(2)91(143-73)140-47-44-133-39-35-129-31-24-97-77(115)21-28-137-58-95(59-138-29-22-78(116)98-25-32-130-36-40-134-45-48-141-92-62(3)85(120)87(122)74(54-109)144-92,60-139-30-23-79(117)99-26-33-131-37-41-135-46-49-142-93-83(102-63(4)111)89(124)88(123)75(55-110)145-93)51-69(113)53-101-80(118)56-136-43-42-132-38-34-128-27-9-12-68(112)18-20-76(114)100-52-64-13-15-66(16-14-64)81-82(105-104-67-17-19-70(96)72(50-67)108(126)127)90(125)107(106-81)94-103-71(57-146-94)65-10-7-6-8-11-65/h6-8,10-11,13-17,19,50,57,61-62,73-75,83-89,91-93,106,109-110,119-124H,5,9,12,18,20-49,51-56,58-60H2,1-4H3,(H,97,115)(H,98,116)(H,99,117)(H,100,114)(H,101,118)(H,102,111)/t61-,62-,73-,74-,75-,83-,84-,85-,86+,87+,88+,89-,91-,92?,93-,95?/m1/s1. The lowest BCUT2D eigenvalue weighted by Crippen LogP contribution is -2.64. The molecule has 2 unspecified atom stereocenters. The number of Topliss-reactive ketones (excluding diaryl/α,β-unsaturated/α-hetero) is 2. The van der Waals surface area contributed by atoms with Crippen LogP contribution in [0.4, 0.5) is 17.1 Å². The summed E-state index contributed by atoms with van der Waals surface area (Å²) in [7, 11) is 0. The van der Waals surface area contributed by atoms with Crippen LogP contribution < -0.4 is 37.5 Å². The molecule has 0 saturated carbocycles. The number of nitro benzene ring substituents is 1. The summed E-state index contributed by atoms with van der Waals surface area (Å²) >= 11 is 7.24. The van der Waals surface area contributed by atoms with Gasteiger partial charge in [0, 0.05) is 124 Å². The molecule has 3 aromatic carbocycles. The second kappa shape index (κ2) is 68.4. The number of aromatic amines is 1. The van der Waals surface area contributed by atoms with Crippen LogP contribution in [0.3, 0.4) is 0 Å². The first-order chi connectivity index (χ1) is 70.5. The Labute approximate surface area is 853 Å². The number of carbonyl (C=O) groups excluding carboxylic acids is 8. The van der Waals surface area contributed by atoms with Gasteiger partial charge in [0.1, 0.15) is 60.1 Å². The van der Waals surface area contributed by atoms with E-state index < -0.39 is 175 Å². The molecule has 15 N–H and O–H groups in total. The zero-order chi connectivity index (χ0) is 105. The van der Waals surface area contributed by atoms with Gasteiger partial charge >= 0.3 is 5.56 Å². The van der Waals surface area contributed by atoms with Crippen LogP contribution in [0.5, 0.6) is 0 Å². The number of hydrogen-bond donors (Lipinski definition) is 15. The van der Waals surface area contributed by atoms with Gasteiger partial charge in [0.25, 0.3) is 5.69 Å². The number of ether oxygens (including phenoxy) is 18. The minimum atomic E-state index is -1.48. The van der Waals surface area contributed by atoms with Crippen molar-refractivity contribution in [3.8, 4) is 27.6 Å². The van der Waals surface area contributed by atoms with E-state index in [2.05, 4.69) is 52.2 Å². The first kappa shape index (κ1) is 122. The van der Waals surface area contributed by atoms with Gasteiger partial charge in [0.05, 0.1) is 225 Å². The van der Waals surface area contributed by atoms with E-state index >= 15 is 0 Å². The van der Waals surface area contributed by atoms with Crippen molar-refractivity contribution >= 4 is 87.0 Å². The second-order valence-corrected chi connectivity index (χ2v) is 35.6. The van der Waals surface area contributed by atoms with Crippen molar-refractivity contribution in [1.82, 2.24) is 46.7 Å². The molecule has 49 nitrogen and oxygen atoms in total. The van der Waals surface area contributed by atoms with Crippen molar-refractivity contribution < 1.29 is 169 Å². The molecule has 0 radical (unpaired) electrons. The lowest BCUT2D eigenvalue weighted by molar-refractivity contribution is -0.384. The zero-order valence-corrected chi connectivity index (χ0v) is 84.1. The van der Waals surface area contributed by atoms with E-state index in [0.29, 0.717) is 34.8 Å². The highest BCUT2D eigenvalue weighted by molar-refractivity contribution is 7.12. The molecule has 0 bridgehead atoms. The number of rotatable bonds is 76. The van der Waals surface area contributed by atoms with Crippen molar-refractivity contribution in [2.24, 2.45) is 27.5 Å². The van der Waals surface area contributed by atoms with Gasteiger partial charge in [-0.3, -0.25) is 58.4 Å². The number of aliphatic hydroxyl groups excluding tert-OH is 8. The number of azo groups is 1. The molecule has 5 aromatic rings. The number of nitrogens with one attached hydrogen (secondary N) is 7. The van der Waals surface area contributed by atoms with E-state index in [1.807, 2.05) is 37.3 Å². The van der Waals surface area contributed by atoms with Gasteiger partial charge in [-0.05, 0) is 30.5 Å². The van der Waals surface area contributed by atoms with E-state index in [4.69, 9.17) is 96.9 Å². The van der Waals surface area contributed by atoms with E-state index in [-0.39, 0.29) is 277 Å². The Balaban J connectivity index is 0.753. The van der Waals surface area contributed by atoms with Crippen LogP contribution in [0, 0.1) is 27.4 Å². The van der Waals surface area contributed by atoms with Gasteiger partial charge in [0.15, 0.2) is 30.3 Å². The second-order valence-electron chi connectivity index (χ2n) is 34.4. The average molecular weight is 2110 g/mol. The number of halogens is 1. The number of aliphatic hydroxyl groups is 8. The minimum Gasteiger partial charge on any atom is -0.394 e. The Morgan fingerprint density at radius 3 is 1.50 bits per heavy atom. The van der Waals surface area contributed by atoms with Gasteiger partial charge in [-0.15, -0.1) is 16.5 Å². The molecule has 3 aliphatic heterocycles. The van der Waals surface area contributed by atoms with Crippen molar-refractivity contribution in [3.05, 3.63) is 109 Å². The molecule has 3 fully saturated rings. The molecule has 51 heteroatoms. The summed E-state index contributed by atoms with van der Waals surface area (Å²) in [6.07, 6.45) is -12.7. The summed E-state index contributed by atoms with van der Waals surface area (Å²) in [5, 5.41) is 122. The third-order valence-electron chi connectivity index (χ3n) is 23.0. The number of ketones is 2. The predicted octanol–water partition coefficient (Wildman–Crippen LogP) is 1.02. The summed E-state index contributed by atoms with van der Waals surface area (Å²) in [6.45, 7) is 6.11. The number of H-pyrrole nitrogens is 1. The first-order valence-electron chi connectivity index (χ1n) is 48.5. The van der Waals surface area contributed by atoms with Gasteiger partial charge in [-0.2, -0.15) is 9.80 Å². The molecule has 146 heavy (non-hydrogen) atoms. The summed E-state index contributed by atoms with van der Waals surface area (Å²) < 4.78 is 104. The molecule has 16 atom stereocenters. The SMILES string of the molecule is CC[C@H]1O[C@@H](OCCOCCOCCNC(=O)CCOCC(COCCC(=O)NCCOCCOCCOC2O[C@H](CO)[C@H](O)[C@H](O)[C@H]2C)(COCCC(=O)NCCOCCOCCO[C@@H]2O[C@H](CO)[C@H](O)[C@H](O)[C@H]2NC(C)=O)CC(=O)CNC(=O)COCCOCCOCCCC(=O)CCC(=O)NCc2ccc(-c3[nH]n(-c4nc(-c5ccccc5)cs4)c(=O)c3N=Nc3ccc(Cl)c([N+](=O)[O-])c3)cc2)[C@H](C)[C@@H](O)[C@H]1O. The Bertz CT molecular complexity index is 4700. The van der Waals surface area contributed by atoms with Gasteiger partial charge in [-0.1, -0.05) is 87.0 Å².